The topological polar surface area (TPSA) is 20.2 Å². The van der Waals surface area contributed by atoms with E-state index in [9.17, 15) is 0 Å². The molecule has 24 valence electrons. The van der Waals surface area contributed by atoms with Crippen molar-refractivity contribution in [1.82, 2.24) is 0 Å². The van der Waals surface area contributed by atoms with Crippen LogP contribution >= 0.6 is 0 Å². The number of aliphatic hydroxyl groups is 1. The van der Waals surface area contributed by atoms with Crippen LogP contribution in [0.3, 0.4) is 0 Å². The average Bonchev–Trinajstić information content (AvgIpc) is 1.86. The van der Waals surface area contributed by atoms with Crippen LogP contribution in [0.5, 0.6) is 0 Å². The van der Waals surface area contributed by atoms with Gasteiger partial charge in [-0.2, -0.15) is 0 Å². The molecule has 0 aromatic heterocycles. The Hall–Kier alpha value is -0.300. The summed E-state index contributed by atoms with van der Waals surface area (Å²) in [6.45, 7) is -3.63. The van der Waals surface area contributed by atoms with E-state index in [0.717, 1.165) is 0 Å². The first-order valence-corrected chi connectivity index (χ1v) is 0.704. The molecule has 0 amide bonds. The summed E-state index contributed by atoms with van der Waals surface area (Å²) in [5, 5.41) is 3.46. The van der Waals surface area contributed by atoms with Gasteiger partial charge in [0.05, 0.1) is 13.4 Å². The van der Waals surface area contributed by atoms with Gasteiger partial charge in [-0.05, 0) is 0 Å². The number of rotatable bonds is 2. The van der Waals surface area contributed by atoms with Gasteiger partial charge in [-0.25, -0.2) is 0 Å². The van der Waals surface area contributed by atoms with E-state index in [-0.39, 0.29) is 0 Å². The molecule has 0 bridgehead atoms. The van der Waals surface area contributed by atoms with E-state index in [4.69, 9.17) is 8.28 Å². The molecule has 0 rings (SSSR count). The van der Waals surface area contributed by atoms with Gasteiger partial charge in [-0.3, -0.25) is 0 Å². The lowest BCUT2D eigenvalue weighted by molar-refractivity contribution is 0.343. The fraction of sp³-hybridized carbons (Fsp3) is 0.333. The lowest BCUT2D eigenvalue weighted by Crippen LogP contribution is -1.62. The quantitative estimate of drug-likeness (QED) is 0.454. The molecule has 0 heterocycles. The Labute approximate surface area is 34.1 Å². The van der Waals surface area contributed by atoms with Crippen LogP contribution in [0.1, 0.15) is 6.85 Å². The van der Waals surface area contributed by atoms with E-state index in [1.54, 1.807) is 0 Å². The Balaban J connectivity index is 4.49. The smallest absolute Gasteiger partial charge is 0.210 e. The maximum atomic E-state index is 6.71. The van der Waals surface area contributed by atoms with E-state index in [1.807, 2.05) is 0 Å². The van der Waals surface area contributed by atoms with Gasteiger partial charge in [0.15, 0.2) is 0 Å². The Morgan fingerprint density at radius 3 is 4.50 bits per heavy atom. The highest BCUT2D eigenvalue weighted by atomic mass is 16.2. The molecule has 0 atom stereocenters. The van der Waals surface area contributed by atoms with Gasteiger partial charge in [0.25, 0.3) is 0 Å². The molecule has 0 saturated heterocycles. The van der Waals surface area contributed by atoms with Crippen LogP contribution in [0.2, 0.25) is 0 Å². The van der Waals surface area contributed by atoms with E-state index in [1.165, 1.54) is 0 Å². The molecule has 0 aliphatic carbocycles. The molecule has 0 aromatic rings. The predicted octanol–water partition coefficient (Wildman–Crippen LogP) is 0.165. The summed E-state index contributed by atoms with van der Waals surface area (Å²) < 4.78 is 39.2. The van der Waals surface area contributed by atoms with Crippen LogP contribution in [0.15, 0.2) is 12.6 Å². The molecular formula is C3H6O. The first-order valence-electron chi connectivity index (χ1n) is 3.61. The molecule has 0 saturated carbocycles. The van der Waals surface area contributed by atoms with Crippen LogP contribution in [0, 0.1) is 0 Å². The molecule has 0 aromatic carbocycles. The lowest BCUT2D eigenvalue weighted by atomic mass is 10.7. The molecule has 4 heavy (non-hydrogen) atoms. The molecule has 1 N–H and O–H groups in total. The molecule has 0 fully saturated rings. The average molecular weight is 64.1 g/mol. The molecule has 1 nitrogen and oxygen atoms in total. The molecule has 1 heteroatoms. The molecule has 0 radical (unpaired) electrons. The van der Waals surface area contributed by atoms with E-state index in [0.29, 0.717) is 0 Å². The molecule has 0 spiro atoms. The third-order valence-corrected chi connectivity index (χ3v) is 0.0510. The van der Waals surface area contributed by atoms with Gasteiger partial charge in [0, 0.05) is 0 Å². The Morgan fingerprint density at radius 1 is 3.25 bits per heavy atom. The first-order chi connectivity index (χ1) is 4.41. The number of hydrogen-bond acceptors (Lipinski definition) is 1. The molecule has 0 aliphatic rings. The standard InChI is InChI=1S/C3H6O/c1-2-3-4/h2,4H,1,3H2/i1D2,2D,3D2,4D. The van der Waals surface area contributed by atoms with Crippen LogP contribution in [-0.4, -0.2) is 13.1 Å². The van der Waals surface area contributed by atoms with Gasteiger partial charge in [-0.15, -0.1) is 6.53 Å². The van der Waals surface area contributed by atoms with E-state index >= 15 is 0 Å². The third kappa shape index (κ3) is 1.70. The lowest BCUT2D eigenvalue weighted by Gasteiger charge is -1.60. The zero-order valence-electron chi connectivity index (χ0n) is 7.91. The highest BCUT2D eigenvalue weighted by Crippen LogP contribution is 1.46. The van der Waals surface area contributed by atoms with Gasteiger partial charge in [-0.1, -0.05) is 6.05 Å². The maximum absolute atomic E-state index is 6.71. The summed E-state index contributed by atoms with van der Waals surface area (Å²) in [4.78, 5) is 0. The maximum Gasteiger partial charge on any atom is 0.210 e. The van der Waals surface area contributed by atoms with Gasteiger partial charge in [0.2, 0.25) is 1.43 Å². The molecule has 0 aliphatic heterocycles. The monoisotopic (exact) mass is 64.1 g/mol. The van der Waals surface area contributed by atoms with Crippen LogP contribution in [0.25, 0.3) is 0 Å². The van der Waals surface area contributed by atoms with E-state index < -0.39 is 19.1 Å². The van der Waals surface area contributed by atoms with Gasteiger partial charge >= 0.3 is 0 Å². The van der Waals surface area contributed by atoms with Crippen molar-refractivity contribution in [2.24, 2.45) is 0 Å². The Kier molecular flexibility index (Phi) is 0.241. The number of hydrogen-bond donors (Lipinski definition) is 1. The fourth-order valence-electron chi connectivity index (χ4n) is 0. The van der Waals surface area contributed by atoms with Gasteiger partial charge in [0.1, 0.15) is 0 Å². The normalized spacial score (nSPS) is 30.0. The van der Waals surface area contributed by atoms with Crippen LogP contribution < -0.4 is 0 Å². The summed E-state index contributed by atoms with van der Waals surface area (Å²) in [5.74, 6) is 0. The highest BCUT2D eigenvalue weighted by Gasteiger charge is 1.45. The van der Waals surface area contributed by atoms with Crippen molar-refractivity contribution in [1.29, 1.82) is 1.43 Å². The zero-order valence-corrected chi connectivity index (χ0v) is 1.91. The second-order valence-electron chi connectivity index (χ2n) is 0.227. The van der Waals surface area contributed by atoms with Crippen molar-refractivity contribution in [3.05, 3.63) is 12.6 Å². The fourth-order valence-corrected chi connectivity index (χ4v) is 0. The van der Waals surface area contributed by atoms with Crippen LogP contribution in [0.4, 0.5) is 0 Å². The second-order valence-corrected chi connectivity index (χ2v) is 0.227. The zero-order chi connectivity index (χ0) is 8.36. The minimum atomic E-state index is -2.64. The van der Waals surface area contributed by atoms with Crippen LogP contribution in [-0.2, 0) is 0 Å². The third-order valence-electron chi connectivity index (χ3n) is 0.0510. The first kappa shape index (κ1) is 0.356. The van der Waals surface area contributed by atoms with Crippen molar-refractivity contribution in [3.8, 4) is 0 Å². The van der Waals surface area contributed by atoms with Crippen molar-refractivity contribution in [2.45, 2.75) is 0 Å². The predicted molar refractivity (Wildman–Crippen MR) is 17.3 cm³/mol. The Morgan fingerprint density at radius 2 is 4.25 bits per heavy atom. The highest BCUT2D eigenvalue weighted by molar-refractivity contribution is 4.60. The SMILES string of the molecule is [2H]OC([2H])([2H])C([2H])=C([2H])[2H]. The Bertz CT molecular complexity index is 147. The largest absolute Gasteiger partial charge is 0.392 e. The summed E-state index contributed by atoms with van der Waals surface area (Å²) in [7, 11) is 0. The van der Waals surface area contributed by atoms with E-state index in [2.05, 4.69) is 5.11 Å². The molecular weight excluding hydrogens is 52.0 g/mol. The van der Waals surface area contributed by atoms with Crippen molar-refractivity contribution in [2.75, 3.05) is 6.56 Å². The summed E-state index contributed by atoms with van der Waals surface area (Å²) >= 11 is 0. The summed E-state index contributed by atoms with van der Waals surface area (Å²) in [6.07, 6.45) is 0. The van der Waals surface area contributed by atoms with Crippen molar-refractivity contribution in [3.63, 3.8) is 0 Å². The van der Waals surface area contributed by atoms with Gasteiger partial charge < -0.3 is 5.11 Å². The second kappa shape index (κ2) is 2.70. The minimum Gasteiger partial charge on any atom is -0.392 e. The summed E-state index contributed by atoms with van der Waals surface area (Å²) in [5.41, 5.74) is 0. The summed E-state index contributed by atoms with van der Waals surface area (Å²) in [6, 6.07) is -0.956. The van der Waals surface area contributed by atoms with Crippen molar-refractivity contribution >= 4 is 0 Å². The minimum absolute atomic E-state index is 0.956. The molecule has 0 unspecified atom stereocenters. The van der Waals surface area contributed by atoms with Crippen molar-refractivity contribution < 1.29 is 12.0 Å².